The van der Waals surface area contributed by atoms with Gasteiger partial charge in [-0.25, -0.2) is 4.39 Å². The Labute approximate surface area is 213 Å². The largest absolute Gasteiger partial charge is 0.375 e. The van der Waals surface area contributed by atoms with Crippen LogP contribution in [0, 0.1) is 5.82 Å². The first-order valence-electron chi connectivity index (χ1n) is 11.4. The van der Waals surface area contributed by atoms with Crippen LogP contribution in [-0.4, -0.2) is 34.3 Å². The minimum Gasteiger partial charge on any atom is -0.375 e. The molecule has 1 fully saturated rings. The number of halogens is 1. The fraction of sp³-hybridized carbons (Fsp3) is 0.148. The number of methoxy groups -OCH3 is 1. The van der Waals surface area contributed by atoms with Crippen molar-refractivity contribution in [1.82, 2.24) is 14.9 Å². The van der Waals surface area contributed by atoms with Gasteiger partial charge in [0.15, 0.2) is 5.11 Å². The standard InChI is InChI=1S/C27H24FN5O2S/c1-35-17-24(34)30-19-10-12-20(13-11-19)33-26(25(31-27(33)36)22-8-2-3-14-29-22)23-9-5-15-32(23)21-7-4-6-18(28)16-21/h2-16,25-26H,17H2,1H3,(H,30,34)(H,31,36). The molecule has 2 aromatic heterocycles. The number of nitrogens with one attached hydrogen (secondary N) is 2. The zero-order chi connectivity index (χ0) is 25.1. The molecule has 3 heterocycles. The van der Waals surface area contributed by atoms with Crippen molar-refractivity contribution >= 4 is 34.6 Å². The minimum atomic E-state index is -0.309. The lowest BCUT2D eigenvalue weighted by Gasteiger charge is -2.29. The van der Waals surface area contributed by atoms with Crippen molar-refractivity contribution in [2.45, 2.75) is 12.1 Å². The molecule has 1 aliphatic rings. The van der Waals surface area contributed by atoms with Crippen molar-refractivity contribution in [2.75, 3.05) is 23.9 Å². The number of pyridine rings is 1. The van der Waals surface area contributed by atoms with Crippen LogP contribution in [0.15, 0.2) is 91.3 Å². The summed E-state index contributed by atoms with van der Waals surface area (Å²) >= 11 is 5.80. The Kier molecular flexibility index (Phi) is 6.75. The molecule has 0 spiro atoms. The molecule has 9 heteroatoms. The molecule has 2 aromatic carbocycles. The highest BCUT2D eigenvalue weighted by molar-refractivity contribution is 7.80. The summed E-state index contributed by atoms with van der Waals surface area (Å²) in [4.78, 5) is 18.5. The third-order valence-electron chi connectivity index (χ3n) is 5.97. The topological polar surface area (TPSA) is 71.4 Å². The Balaban J connectivity index is 1.56. The third kappa shape index (κ3) is 4.71. The van der Waals surface area contributed by atoms with Crippen LogP contribution in [0.3, 0.4) is 0 Å². The van der Waals surface area contributed by atoms with E-state index in [9.17, 15) is 9.18 Å². The van der Waals surface area contributed by atoms with Crippen LogP contribution < -0.4 is 15.5 Å². The SMILES string of the molecule is COCC(=O)Nc1ccc(N2C(=S)NC(c3ccccn3)C2c2cccn2-c2cccc(F)c2)cc1. The molecule has 2 atom stereocenters. The van der Waals surface area contributed by atoms with Crippen molar-refractivity contribution in [3.8, 4) is 5.69 Å². The number of aromatic nitrogens is 2. The lowest BCUT2D eigenvalue weighted by molar-refractivity contribution is -0.119. The molecular formula is C27H24FN5O2S. The third-order valence-corrected chi connectivity index (χ3v) is 6.29. The van der Waals surface area contributed by atoms with E-state index in [0.29, 0.717) is 16.5 Å². The second-order valence-electron chi connectivity index (χ2n) is 8.31. The molecule has 0 bridgehead atoms. The maximum absolute atomic E-state index is 14.1. The first-order valence-corrected chi connectivity index (χ1v) is 11.8. The number of ether oxygens (including phenoxy) is 1. The number of carbonyl (C=O) groups is 1. The lowest BCUT2D eigenvalue weighted by Crippen LogP contribution is -2.30. The predicted octanol–water partition coefficient (Wildman–Crippen LogP) is 4.77. The highest BCUT2D eigenvalue weighted by Gasteiger charge is 2.42. The summed E-state index contributed by atoms with van der Waals surface area (Å²) in [6.07, 6.45) is 3.66. The summed E-state index contributed by atoms with van der Waals surface area (Å²) in [5.41, 5.74) is 3.96. The monoisotopic (exact) mass is 501 g/mol. The molecule has 182 valence electrons. The van der Waals surface area contributed by atoms with Gasteiger partial charge in [-0.2, -0.15) is 0 Å². The number of thiocarbonyl (C=S) groups is 1. The minimum absolute atomic E-state index is 0.0210. The van der Waals surface area contributed by atoms with Crippen LogP contribution in [0.2, 0.25) is 0 Å². The lowest BCUT2D eigenvalue weighted by atomic mass is 10.0. The van der Waals surface area contributed by atoms with Crippen molar-refractivity contribution in [3.63, 3.8) is 0 Å². The number of carbonyl (C=O) groups excluding carboxylic acids is 1. The van der Waals surface area contributed by atoms with Gasteiger partial charge in [0, 0.05) is 42.3 Å². The normalized spacial score (nSPS) is 17.2. The Morgan fingerprint density at radius 3 is 2.64 bits per heavy atom. The first-order chi connectivity index (χ1) is 17.5. The molecule has 2 N–H and O–H groups in total. The van der Waals surface area contributed by atoms with E-state index >= 15 is 0 Å². The number of rotatable bonds is 7. The van der Waals surface area contributed by atoms with Crippen LogP contribution in [0.4, 0.5) is 15.8 Å². The van der Waals surface area contributed by atoms with E-state index in [2.05, 4.69) is 15.6 Å². The van der Waals surface area contributed by atoms with Gasteiger partial charge in [-0.15, -0.1) is 0 Å². The molecule has 36 heavy (non-hydrogen) atoms. The van der Waals surface area contributed by atoms with Crippen LogP contribution in [-0.2, 0) is 9.53 Å². The smallest absolute Gasteiger partial charge is 0.250 e. The summed E-state index contributed by atoms with van der Waals surface area (Å²) < 4.78 is 20.9. The first kappa shape index (κ1) is 23.7. The van der Waals surface area contributed by atoms with E-state index in [4.69, 9.17) is 17.0 Å². The number of amides is 1. The van der Waals surface area contributed by atoms with Gasteiger partial charge in [0.25, 0.3) is 0 Å². The van der Waals surface area contributed by atoms with E-state index in [0.717, 1.165) is 17.1 Å². The summed E-state index contributed by atoms with van der Waals surface area (Å²) in [6, 6.07) is 23.1. The average molecular weight is 502 g/mol. The van der Waals surface area contributed by atoms with E-state index in [1.54, 1.807) is 12.3 Å². The molecule has 1 saturated heterocycles. The van der Waals surface area contributed by atoms with Crippen molar-refractivity contribution in [3.05, 3.63) is 108 Å². The quantitative estimate of drug-likeness (QED) is 0.356. The van der Waals surface area contributed by atoms with Gasteiger partial charge < -0.3 is 24.8 Å². The zero-order valence-electron chi connectivity index (χ0n) is 19.5. The maximum atomic E-state index is 14.1. The maximum Gasteiger partial charge on any atom is 0.250 e. The second kappa shape index (κ2) is 10.3. The predicted molar refractivity (Wildman–Crippen MR) is 141 cm³/mol. The molecule has 0 radical (unpaired) electrons. The van der Waals surface area contributed by atoms with Gasteiger partial charge in [-0.05, 0) is 78.9 Å². The number of anilines is 2. The zero-order valence-corrected chi connectivity index (χ0v) is 20.3. The molecule has 0 saturated carbocycles. The number of hydrogen-bond donors (Lipinski definition) is 2. The molecule has 1 amide bonds. The van der Waals surface area contributed by atoms with Crippen LogP contribution in [0.5, 0.6) is 0 Å². The van der Waals surface area contributed by atoms with E-state index in [-0.39, 0.29) is 30.4 Å². The molecule has 2 unspecified atom stereocenters. The summed E-state index contributed by atoms with van der Waals surface area (Å²) in [5.74, 6) is -0.541. The van der Waals surface area contributed by atoms with Gasteiger partial charge in [-0.1, -0.05) is 12.1 Å². The molecular weight excluding hydrogens is 477 g/mol. The molecule has 7 nitrogen and oxygen atoms in total. The number of hydrogen-bond acceptors (Lipinski definition) is 4. The van der Waals surface area contributed by atoms with Crippen LogP contribution in [0.25, 0.3) is 5.69 Å². The summed E-state index contributed by atoms with van der Waals surface area (Å²) in [7, 11) is 1.47. The van der Waals surface area contributed by atoms with Crippen molar-refractivity contribution < 1.29 is 13.9 Å². The van der Waals surface area contributed by atoms with Gasteiger partial charge >= 0.3 is 0 Å². The molecule has 0 aliphatic carbocycles. The van der Waals surface area contributed by atoms with Gasteiger partial charge in [0.05, 0.1) is 11.7 Å². The molecule has 5 rings (SSSR count). The Morgan fingerprint density at radius 2 is 1.92 bits per heavy atom. The Hall–Kier alpha value is -4.08. The van der Waals surface area contributed by atoms with Crippen LogP contribution >= 0.6 is 12.2 Å². The fourth-order valence-corrected chi connectivity index (χ4v) is 4.81. The average Bonchev–Trinajstić information content (AvgIpc) is 3.49. The number of benzene rings is 2. The fourth-order valence-electron chi connectivity index (χ4n) is 4.46. The van der Waals surface area contributed by atoms with Gasteiger partial charge in [0.1, 0.15) is 18.5 Å². The van der Waals surface area contributed by atoms with Crippen LogP contribution in [0.1, 0.15) is 23.5 Å². The Morgan fingerprint density at radius 1 is 1.08 bits per heavy atom. The van der Waals surface area contributed by atoms with E-state index in [1.165, 1.54) is 19.2 Å². The highest BCUT2D eigenvalue weighted by atomic mass is 32.1. The number of nitrogens with zero attached hydrogens (tertiary/aromatic N) is 3. The summed E-state index contributed by atoms with van der Waals surface area (Å²) in [6.45, 7) is -0.0210. The van der Waals surface area contributed by atoms with Crippen molar-refractivity contribution in [1.29, 1.82) is 0 Å². The van der Waals surface area contributed by atoms with E-state index < -0.39 is 0 Å². The van der Waals surface area contributed by atoms with E-state index in [1.807, 2.05) is 76.3 Å². The summed E-state index contributed by atoms with van der Waals surface area (Å²) in [5, 5.41) is 6.77. The molecule has 1 aliphatic heterocycles. The second-order valence-corrected chi connectivity index (χ2v) is 8.69. The van der Waals surface area contributed by atoms with Crippen molar-refractivity contribution in [2.24, 2.45) is 0 Å². The molecule has 4 aromatic rings. The highest BCUT2D eigenvalue weighted by Crippen LogP contribution is 2.42. The van der Waals surface area contributed by atoms with Gasteiger partial charge in [0.2, 0.25) is 5.91 Å². The Bertz CT molecular complexity index is 1380. The van der Waals surface area contributed by atoms with Gasteiger partial charge in [-0.3, -0.25) is 9.78 Å².